The van der Waals surface area contributed by atoms with Gasteiger partial charge in [0, 0.05) is 12.6 Å². The van der Waals surface area contributed by atoms with E-state index in [1.54, 1.807) is 0 Å². The van der Waals surface area contributed by atoms with Crippen LogP contribution < -0.4 is 5.32 Å². The number of benzene rings is 1. The molecule has 0 aliphatic heterocycles. The third kappa shape index (κ3) is 3.30. The summed E-state index contributed by atoms with van der Waals surface area (Å²) >= 11 is 4.65. The molecule has 16 heavy (non-hydrogen) atoms. The number of hydrogen-bond donors (Lipinski definition) is 1. The van der Waals surface area contributed by atoms with Crippen LogP contribution in [0, 0.1) is 0 Å². The molecule has 1 aromatic rings. The molecular formula is C10H8F3NOS. The van der Waals surface area contributed by atoms with Gasteiger partial charge in [-0.25, -0.2) is 0 Å². The van der Waals surface area contributed by atoms with Crippen molar-refractivity contribution in [1.29, 1.82) is 0 Å². The Hall–Kier alpha value is -1.43. The van der Waals surface area contributed by atoms with Crippen LogP contribution in [0.5, 0.6) is 0 Å². The molecule has 0 aliphatic carbocycles. The van der Waals surface area contributed by atoms with Crippen molar-refractivity contribution in [3.63, 3.8) is 0 Å². The number of anilines is 1. The van der Waals surface area contributed by atoms with Gasteiger partial charge in [-0.05, 0) is 18.2 Å². The van der Waals surface area contributed by atoms with Gasteiger partial charge in [-0.3, -0.25) is 4.79 Å². The van der Waals surface area contributed by atoms with E-state index < -0.39 is 17.5 Å². The third-order valence-electron chi connectivity index (χ3n) is 1.77. The summed E-state index contributed by atoms with van der Waals surface area (Å²) in [6.45, 7) is 1.24. The standard InChI is InChI=1S/C10H8F3NOS/c1-6(15)9(16)14-8-4-2-3-7(5-8)10(11,12)13/h2-5H,1H3,(H,14,16). The Labute approximate surface area is 95.5 Å². The van der Waals surface area contributed by atoms with E-state index in [0.29, 0.717) is 0 Å². The van der Waals surface area contributed by atoms with Crippen LogP contribution >= 0.6 is 12.2 Å². The summed E-state index contributed by atoms with van der Waals surface area (Å²) in [6.07, 6.45) is -4.41. The highest BCUT2D eigenvalue weighted by molar-refractivity contribution is 7.82. The number of carbonyl (C=O) groups is 1. The quantitative estimate of drug-likeness (QED) is 0.814. The first kappa shape index (κ1) is 12.6. The number of nitrogens with one attached hydrogen (secondary N) is 1. The zero-order valence-electron chi connectivity index (χ0n) is 8.26. The number of halogens is 3. The predicted octanol–water partition coefficient (Wildman–Crippen LogP) is 3.03. The van der Waals surface area contributed by atoms with Crippen molar-refractivity contribution in [3.8, 4) is 0 Å². The van der Waals surface area contributed by atoms with Gasteiger partial charge >= 0.3 is 6.18 Å². The molecule has 86 valence electrons. The number of hydrogen-bond acceptors (Lipinski definition) is 2. The molecule has 0 atom stereocenters. The number of thiocarbonyl (C=S) groups is 1. The second-order valence-electron chi connectivity index (χ2n) is 3.09. The molecule has 0 amide bonds. The van der Waals surface area contributed by atoms with Crippen LogP contribution in [0.1, 0.15) is 12.5 Å². The Bertz CT molecular complexity index is 428. The molecule has 0 unspecified atom stereocenters. The number of carbonyl (C=O) groups excluding carboxylic acids is 1. The summed E-state index contributed by atoms with van der Waals surface area (Å²) in [7, 11) is 0. The maximum absolute atomic E-state index is 12.3. The highest BCUT2D eigenvalue weighted by Gasteiger charge is 2.30. The van der Waals surface area contributed by atoms with Crippen molar-refractivity contribution in [2.24, 2.45) is 0 Å². The van der Waals surface area contributed by atoms with E-state index in [4.69, 9.17) is 0 Å². The van der Waals surface area contributed by atoms with Crippen molar-refractivity contribution in [2.45, 2.75) is 13.1 Å². The molecule has 0 fully saturated rings. The highest BCUT2D eigenvalue weighted by atomic mass is 32.1. The van der Waals surface area contributed by atoms with Crippen LogP contribution in [0.15, 0.2) is 24.3 Å². The fourth-order valence-corrected chi connectivity index (χ4v) is 1.11. The second-order valence-corrected chi connectivity index (χ2v) is 3.50. The minimum atomic E-state index is -4.41. The van der Waals surface area contributed by atoms with E-state index in [1.165, 1.54) is 19.1 Å². The first-order valence-corrected chi connectivity index (χ1v) is 4.70. The Morgan fingerprint density at radius 1 is 1.38 bits per heavy atom. The molecule has 0 heterocycles. The zero-order valence-corrected chi connectivity index (χ0v) is 9.08. The lowest BCUT2D eigenvalue weighted by molar-refractivity contribution is -0.137. The lowest BCUT2D eigenvalue weighted by Crippen LogP contribution is -2.17. The average molecular weight is 247 g/mol. The van der Waals surface area contributed by atoms with Gasteiger partial charge in [0.25, 0.3) is 0 Å². The van der Waals surface area contributed by atoms with Crippen LogP contribution in [-0.4, -0.2) is 10.8 Å². The van der Waals surface area contributed by atoms with E-state index in [-0.39, 0.29) is 10.7 Å². The monoisotopic (exact) mass is 247 g/mol. The summed E-state index contributed by atoms with van der Waals surface area (Å²) in [5.41, 5.74) is -0.640. The van der Waals surface area contributed by atoms with E-state index in [1.807, 2.05) is 0 Å². The topological polar surface area (TPSA) is 29.1 Å². The predicted molar refractivity (Wildman–Crippen MR) is 58.3 cm³/mol. The minimum Gasteiger partial charge on any atom is -0.344 e. The van der Waals surface area contributed by atoms with E-state index in [9.17, 15) is 18.0 Å². The Morgan fingerprint density at radius 2 is 2.00 bits per heavy atom. The summed E-state index contributed by atoms with van der Waals surface area (Å²) in [6, 6.07) is 4.50. The minimum absolute atomic E-state index is 0.112. The van der Waals surface area contributed by atoms with Crippen LogP contribution in [-0.2, 0) is 11.0 Å². The van der Waals surface area contributed by atoms with Gasteiger partial charge in [-0.2, -0.15) is 13.2 Å². The SMILES string of the molecule is CC(=O)C(=S)Nc1cccc(C(F)(F)F)c1. The van der Waals surface area contributed by atoms with Crippen molar-refractivity contribution < 1.29 is 18.0 Å². The molecule has 2 nitrogen and oxygen atoms in total. The maximum Gasteiger partial charge on any atom is 0.416 e. The molecule has 0 aromatic heterocycles. The van der Waals surface area contributed by atoms with Crippen molar-refractivity contribution >= 4 is 28.7 Å². The van der Waals surface area contributed by atoms with Gasteiger partial charge < -0.3 is 5.32 Å². The van der Waals surface area contributed by atoms with Crippen molar-refractivity contribution in [3.05, 3.63) is 29.8 Å². The molecule has 1 N–H and O–H groups in total. The molecule has 1 aromatic carbocycles. The lowest BCUT2D eigenvalue weighted by Gasteiger charge is -2.09. The fraction of sp³-hybridized carbons (Fsp3) is 0.200. The van der Waals surface area contributed by atoms with Crippen molar-refractivity contribution in [2.75, 3.05) is 5.32 Å². The molecule has 0 spiro atoms. The maximum atomic E-state index is 12.3. The molecule has 0 saturated carbocycles. The highest BCUT2D eigenvalue weighted by Crippen LogP contribution is 2.30. The van der Waals surface area contributed by atoms with E-state index in [0.717, 1.165) is 12.1 Å². The van der Waals surface area contributed by atoms with E-state index in [2.05, 4.69) is 17.5 Å². The molecule has 0 radical (unpaired) electrons. The molecule has 1 rings (SSSR count). The molecular weight excluding hydrogens is 239 g/mol. The van der Waals surface area contributed by atoms with Gasteiger partial charge in [-0.1, -0.05) is 18.3 Å². The number of alkyl halides is 3. The fourth-order valence-electron chi connectivity index (χ4n) is 0.992. The van der Waals surface area contributed by atoms with Crippen LogP contribution in [0.3, 0.4) is 0 Å². The normalized spacial score (nSPS) is 11.0. The Morgan fingerprint density at radius 3 is 2.50 bits per heavy atom. The van der Waals surface area contributed by atoms with Gasteiger partial charge in [0.05, 0.1) is 5.56 Å². The van der Waals surface area contributed by atoms with Crippen molar-refractivity contribution in [1.82, 2.24) is 0 Å². The van der Waals surface area contributed by atoms with Gasteiger partial charge in [0.1, 0.15) is 4.99 Å². The molecule has 6 heteroatoms. The zero-order chi connectivity index (χ0) is 12.3. The molecule has 0 bridgehead atoms. The molecule has 0 saturated heterocycles. The summed E-state index contributed by atoms with van der Waals surface area (Å²) in [5.74, 6) is -0.396. The summed E-state index contributed by atoms with van der Waals surface area (Å²) in [4.78, 5) is 10.7. The van der Waals surface area contributed by atoms with E-state index >= 15 is 0 Å². The lowest BCUT2D eigenvalue weighted by atomic mass is 10.2. The smallest absolute Gasteiger partial charge is 0.344 e. The number of Topliss-reactive ketones (excluding diaryl/α,β-unsaturated/α-hetero) is 1. The second kappa shape index (κ2) is 4.61. The molecule has 0 aliphatic rings. The largest absolute Gasteiger partial charge is 0.416 e. The first-order valence-electron chi connectivity index (χ1n) is 4.30. The number of rotatable bonds is 2. The van der Waals surface area contributed by atoms with Gasteiger partial charge in [-0.15, -0.1) is 0 Å². The van der Waals surface area contributed by atoms with Crippen LogP contribution in [0.4, 0.5) is 18.9 Å². The summed E-state index contributed by atoms with van der Waals surface area (Å²) < 4.78 is 37.0. The first-order chi connectivity index (χ1) is 7.30. The van der Waals surface area contributed by atoms with Crippen LogP contribution in [0.25, 0.3) is 0 Å². The Kier molecular flexibility index (Phi) is 3.64. The number of ketones is 1. The van der Waals surface area contributed by atoms with Crippen LogP contribution in [0.2, 0.25) is 0 Å². The van der Waals surface area contributed by atoms with Gasteiger partial charge in [0.15, 0.2) is 5.78 Å². The van der Waals surface area contributed by atoms with Gasteiger partial charge in [0.2, 0.25) is 0 Å². The summed E-state index contributed by atoms with van der Waals surface area (Å²) in [5, 5.41) is 2.44. The Balaban J connectivity index is 2.92. The average Bonchev–Trinajstić information content (AvgIpc) is 2.16. The third-order valence-corrected chi connectivity index (χ3v) is 2.16.